The van der Waals surface area contributed by atoms with Crippen LogP contribution >= 0.6 is 15.9 Å². The van der Waals surface area contributed by atoms with Crippen molar-refractivity contribution >= 4 is 15.9 Å². The molecule has 3 rings (SSSR count). The first-order chi connectivity index (χ1) is 11.9. The molecule has 2 aromatic carbocycles. The molecule has 1 aliphatic heterocycles. The topological polar surface area (TPSA) is 49.7 Å². The lowest BCUT2D eigenvalue weighted by molar-refractivity contribution is 0.0531. The predicted octanol–water partition coefficient (Wildman–Crippen LogP) is 5.76. The van der Waals surface area contributed by atoms with Gasteiger partial charge in [-0.3, -0.25) is 0 Å². The molecule has 134 valence electrons. The summed E-state index contributed by atoms with van der Waals surface area (Å²) in [6, 6.07) is 9.65. The van der Waals surface area contributed by atoms with Crippen molar-refractivity contribution < 1.29 is 23.7 Å². The summed E-state index contributed by atoms with van der Waals surface area (Å²) in [5, 5.41) is 19.4. The van der Waals surface area contributed by atoms with E-state index in [-0.39, 0.29) is 23.8 Å². The Morgan fingerprint density at radius 3 is 2.40 bits per heavy atom. The van der Waals surface area contributed by atoms with Crippen LogP contribution in [0.15, 0.2) is 40.9 Å². The van der Waals surface area contributed by atoms with Crippen molar-refractivity contribution in [3.63, 3.8) is 0 Å². The number of alkyl halides is 2. The molecule has 25 heavy (non-hydrogen) atoms. The van der Waals surface area contributed by atoms with Crippen LogP contribution in [-0.4, -0.2) is 16.6 Å². The van der Waals surface area contributed by atoms with E-state index in [1.54, 1.807) is 24.3 Å². The second kappa shape index (κ2) is 7.20. The molecule has 1 aliphatic rings. The Bertz CT molecular complexity index is 749. The lowest BCUT2D eigenvalue weighted by atomic mass is 9.74. The first kappa shape index (κ1) is 18.0. The van der Waals surface area contributed by atoms with E-state index in [4.69, 9.17) is 4.74 Å². The molecule has 0 aromatic heterocycles. The van der Waals surface area contributed by atoms with Gasteiger partial charge in [-0.25, -0.2) is 8.78 Å². The van der Waals surface area contributed by atoms with Crippen molar-refractivity contribution in [3.05, 3.63) is 52.0 Å². The average molecular weight is 413 g/mol. The van der Waals surface area contributed by atoms with Crippen LogP contribution in [0.1, 0.15) is 42.9 Å². The fourth-order valence-corrected chi connectivity index (χ4v) is 4.18. The average Bonchev–Trinajstić information content (AvgIpc) is 2.55. The van der Waals surface area contributed by atoms with Crippen molar-refractivity contribution in [2.75, 3.05) is 0 Å². The van der Waals surface area contributed by atoms with Crippen LogP contribution in [0.4, 0.5) is 8.78 Å². The maximum atomic E-state index is 13.3. The van der Waals surface area contributed by atoms with Gasteiger partial charge in [-0.1, -0.05) is 19.1 Å². The van der Waals surface area contributed by atoms with Crippen molar-refractivity contribution in [2.24, 2.45) is 5.92 Å². The molecule has 0 saturated heterocycles. The van der Waals surface area contributed by atoms with Crippen LogP contribution in [0.25, 0.3) is 0 Å². The van der Waals surface area contributed by atoms with E-state index in [0.717, 1.165) is 5.56 Å². The Kier molecular flexibility index (Phi) is 5.18. The largest absolute Gasteiger partial charge is 0.508 e. The Balaban J connectivity index is 2.11. The minimum absolute atomic E-state index is 0.0198. The van der Waals surface area contributed by atoms with Gasteiger partial charge >= 0.3 is 0 Å². The van der Waals surface area contributed by atoms with Crippen molar-refractivity contribution in [3.8, 4) is 17.2 Å². The summed E-state index contributed by atoms with van der Waals surface area (Å²) in [6.45, 7) is 1.95. The number of phenols is 2. The van der Waals surface area contributed by atoms with Gasteiger partial charge in [0.15, 0.2) is 0 Å². The number of hydrogen-bond donors (Lipinski definition) is 2. The molecule has 0 radical (unpaired) electrons. The van der Waals surface area contributed by atoms with Gasteiger partial charge in [-0.05, 0) is 58.1 Å². The van der Waals surface area contributed by atoms with Crippen molar-refractivity contribution in [1.82, 2.24) is 0 Å². The number of benzene rings is 2. The third kappa shape index (κ3) is 3.59. The maximum absolute atomic E-state index is 13.3. The van der Waals surface area contributed by atoms with E-state index in [2.05, 4.69) is 15.9 Å². The molecule has 6 heteroatoms. The lowest BCUT2D eigenvalue weighted by Crippen LogP contribution is -2.31. The smallest absolute Gasteiger partial charge is 0.239 e. The Morgan fingerprint density at radius 1 is 1.12 bits per heavy atom. The summed E-state index contributed by atoms with van der Waals surface area (Å²) < 4.78 is 33.2. The number of hydrogen-bond acceptors (Lipinski definition) is 3. The van der Waals surface area contributed by atoms with Gasteiger partial charge in [0, 0.05) is 17.9 Å². The van der Waals surface area contributed by atoms with E-state index in [1.165, 1.54) is 12.1 Å². The normalized spacial score (nSPS) is 22.5. The van der Waals surface area contributed by atoms with Crippen LogP contribution < -0.4 is 4.74 Å². The van der Waals surface area contributed by atoms with E-state index in [0.29, 0.717) is 22.2 Å². The second-order valence-corrected chi connectivity index (χ2v) is 7.14. The van der Waals surface area contributed by atoms with Gasteiger partial charge in [-0.15, -0.1) is 0 Å². The molecular weight excluding hydrogens is 394 g/mol. The number of rotatable bonds is 4. The summed E-state index contributed by atoms with van der Waals surface area (Å²) in [6.07, 6.45) is -2.50. The highest BCUT2D eigenvalue weighted by Gasteiger charge is 2.40. The first-order valence-electron chi connectivity index (χ1n) is 8.16. The minimum atomic E-state index is -2.45. The van der Waals surface area contributed by atoms with E-state index >= 15 is 0 Å². The zero-order valence-corrected chi connectivity index (χ0v) is 15.2. The molecule has 0 saturated carbocycles. The second-order valence-electron chi connectivity index (χ2n) is 6.28. The number of phenolic OH excluding ortho intramolecular Hbond substituents is 2. The molecule has 3 atom stereocenters. The Labute approximate surface area is 153 Å². The molecule has 2 N–H and O–H groups in total. The molecule has 0 amide bonds. The molecule has 3 nitrogen and oxygen atoms in total. The number of halogens is 3. The van der Waals surface area contributed by atoms with Crippen molar-refractivity contribution in [2.45, 2.75) is 38.2 Å². The quantitative estimate of drug-likeness (QED) is 0.670. The van der Waals surface area contributed by atoms with E-state index < -0.39 is 18.4 Å². The zero-order chi connectivity index (χ0) is 18.1. The van der Waals surface area contributed by atoms with Crippen LogP contribution in [0, 0.1) is 5.92 Å². The summed E-state index contributed by atoms with van der Waals surface area (Å²) >= 11 is 3.37. The molecule has 2 aromatic rings. The monoisotopic (exact) mass is 412 g/mol. The van der Waals surface area contributed by atoms with Gasteiger partial charge < -0.3 is 14.9 Å². The fourth-order valence-electron chi connectivity index (χ4n) is 3.63. The summed E-state index contributed by atoms with van der Waals surface area (Å²) in [5.74, 6) is 0.0524. The molecule has 1 unspecified atom stereocenters. The van der Waals surface area contributed by atoms with Gasteiger partial charge in [0.05, 0.1) is 4.47 Å². The first-order valence-corrected chi connectivity index (χ1v) is 8.96. The minimum Gasteiger partial charge on any atom is -0.508 e. The summed E-state index contributed by atoms with van der Waals surface area (Å²) in [4.78, 5) is 0. The highest BCUT2D eigenvalue weighted by atomic mass is 79.9. The number of ether oxygens (including phenoxy) is 1. The van der Waals surface area contributed by atoms with Crippen LogP contribution in [0.2, 0.25) is 0 Å². The van der Waals surface area contributed by atoms with Crippen LogP contribution in [0.5, 0.6) is 17.2 Å². The third-order valence-electron chi connectivity index (χ3n) is 4.73. The summed E-state index contributed by atoms with van der Waals surface area (Å²) in [7, 11) is 0. The molecular formula is C19H19BrF2O3. The molecule has 0 aliphatic carbocycles. The lowest BCUT2D eigenvalue weighted by Gasteiger charge is -2.40. The standard InChI is InChI=1S/C19H19BrF2O3/c1-2-13-14(9-17(21)22)15-7-12(24)8-16(20)19(15)25-18(13)10-3-5-11(23)6-4-10/h3-8,13-14,17-18,23-24H,2,9H2,1H3/t13?,14-,18+/m1/s1. The summed E-state index contributed by atoms with van der Waals surface area (Å²) in [5.41, 5.74) is 1.43. The maximum Gasteiger partial charge on any atom is 0.239 e. The predicted molar refractivity (Wildman–Crippen MR) is 94.4 cm³/mol. The molecule has 0 spiro atoms. The van der Waals surface area contributed by atoms with Crippen molar-refractivity contribution in [1.29, 1.82) is 0 Å². The van der Waals surface area contributed by atoms with Gasteiger partial charge in [0.2, 0.25) is 6.43 Å². The van der Waals surface area contributed by atoms with Crippen LogP contribution in [-0.2, 0) is 0 Å². The van der Waals surface area contributed by atoms with Gasteiger partial charge in [0.25, 0.3) is 0 Å². The van der Waals surface area contributed by atoms with Crippen LogP contribution in [0.3, 0.4) is 0 Å². The molecule has 1 heterocycles. The third-order valence-corrected chi connectivity index (χ3v) is 5.32. The van der Waals surface area contributed by atoms with E-state index in [1.807, 2.05) is 6.92 Å². The molecule has 0 bridgehead atoms. The Morgan fingerprint density at radius 2 is 1.80 bits per heavy atom. The van der Waals surface area contributed by atoms with E-state index in [9.17, 15) is 19.0 Å². The van der Waals surface area contributed by atoms with Gasteiger partial charge in [-0.2, -0.15) is 0 Å². The highest BCUT2D eigenvalue weighted by molar-refractivity contribution is 9.10. The molecule has 0 fully saturated rings. The Hall–Kier alpha value is -1.82. The number of aromatic hydroxyl groups is 2. The number of fused-ring (bicyclic) bond motifs is 1. The fraction of sp³-hybridized carbons (Fsp3) is 0.368. The SMILES string of the molecule is CCC1[C@@H](CC(F)F)c2cc(O)cc(Br)c2O[C@H]1c1ccc(O)cc1. The van der Waals surface area contributed by atoms with Gasteiger partial charge in [0.1, 0.15) is 23.4 Å². The highest BCUT2D eigenvalue weighted by Crippen LogP contribution is 2.53. The zero-order valence-electron chi connectivity index (χ0n) is 13.6.